The van der Waals surface area contributed by atoms with Crippen LogP contribution in [-0.4, -0.2) is 5.91 Å². The number of hydrogen-bond acceptors (Lipinski definition) is 1. The first-order valence-corrected chi connectivity index (χ1v) is 6.00. The summed E-state index contributed by atoms with van der Waals surface area (Å²) >= 11 is 0. The molecule has 0 bridgehead atoms. The fourth-order valence-corrected chi connectivity index (χ4v) is 1.92. The van der Waals surface area contributed by atoms with E-state index in [0.29, 0.717) is 6.54 Å². The summed E-state index contributed by atoms with van der Waals surface area (Å²) in [5, 5.41) is 3.01. The molecule has 1 fully saturated rings. The Labute approximate surface area is 97.1 Å². The van der Waals surface area contributed by atoms with E-state index in [2.05, 4.69) is 37.4 Å². The fourth-order valence-electron chi connectivity index (χ4n) is 1.92. The van der Waals surface area contributed by atoms with Crippen molar-refractivity contribution in [2.24, 2.45) is 5.92 Å². The van der Waals surface area contributed by atoms with Crippen LogP contribution in [0.2, 0.25) is 0 Å². The molecule has 2 nitrogen and oxygen atoms in total. The van der Waals surface area contributed by atoms with Gasteiger partial charge < -0.3 is 5.32 Å². The summed E-state index contributed by atoms with van der Waals surface area (Å²) in [7, 11) is 0. The minimum atomic E-state index is 0.226. The highest BCUT2D eigenvalue weighted by molar-refractivity contribution is 5.79. The van der Waals surface area contributed by atoms with Crippen LogP contribution in [0.1, 0.15) is 36.0 Å². The third-order valence-electron chi connectivity index (χ3n) is 3.51. The van der Waals surface area contributed by atoms with E-state index in [1.165, 1.54) is 23.1 Å². The van der Waals surface area contributed by atoms with E-state index < -0.39 is 0 Å². The van der Waals surface area contributed by atoms with Crippen LogP contribution in [-0.2, 0) is 11.3 Å². The highest BCUT2D eigenvalue weighted by Gasteiger charge is 2.24. The molecular formula is C14H19NO. The number of benzene rings is 1. The van der Waals surface area contributed by atoms with Crippen molar-refractivity contribution in [1.29, 1.82) is 0 Å². The molecule has 1 aliphatic carbocycles. The Kier molecular flexibility index (Phi) is 3.28. The summed E-state index contributed by atoms with van der Waals surface area (Å²) in [5.74, 6) is 0.510. The summed E-state index contributed by atoms with van der Waals surface area (Å²) < 4.78 is 0. The molecular weight excluding hydrogens is 198 g/mol. The number of amides is 1. The molecule has 86 valence electrons. The number of nitrogens with one attached hydrogen (secondary N) is 1. The monoisotopic (exact) mass is 217 g/mol. The molecule has 0 aliphatic heterocycles. The first-order valence-electron chi connectivity index (χ1n) is 6.00. The van der Waals surface area contributed by atoms with Crippen LogP contribution in [0, 0.1) is 19.8 Å². The Bertz CT molecular complexity index is 394. The summed E-state index contributed by atoms with van der Waals surface area (Å²) in [6.07, 6.45) is 3.35. The van der Waals surface area contributed by atoms with Crippen LogP contribution in [0.3, 0.4) is 0 Å². The molecule has 0 atom stereocenters. The average molecular weight is 217 g/mol. The highest BCUT2D eigenvalue weighted by atomic mass is 16.1. The van der Waals surface area contributed by atoms with Gasteiger partial charge in [-0.25, -0.2) is 0 Å². The summed E-state index contributed by atoms with van der Waals surface area (Å²) in [6.45, 7) is 4.87. The van der Waals surface area contributed by atoms with Gasteiger partial charge in [-0.3, -0.25) is 4.79 Å². The van der Waals surface area contributed by atoms with E-state index in [1.54, 1.807) is 0 Å². The molecule has 2 heteroatoms. The van der Waals surface area contributed by atoms with Gasteiger partial charge in [-0.15, -0.1) is 0 Å². The van der Waals surface area contributed by atoms with E-state index in [9.17, 15) is 4.79 Å². The van der Waals surface area contributed by atoms with E-state index in [4.69, 9.17) is 0 Å². The van der Waals surface area contributed by atoms with Gasteiger partial charge >= 0.3 is 0 Å². The second-order valence-electron chi connectivity index (χ2n) is 4.76. The van der Waals surface area contributed by atoms with Gasteiger partial charge in [0.05, 0.1) is 0 Å². The molecule has 0 aromatic heterocycles. The predicted molar refractivity (Wildman–Crippen MR) is 65.1 cm³/mol. The zero-order chi connectivity index (χ0) is 11.5. The third-order valence-corrected chi connectivity index (χ3v) is 3.51. The van der Waals surface area contributed by atoms with Crippen molar-refractivity contribution >= 4 is 5.91 Å². The topological polar surface area (TPSA) is 29.1 Å². The summed E-state index contributed by atoms with van der Waals surface area (Å²) in [5.41, 5.74) is 3.78. The van der Waals surface area contributed by atoms with Gasteiger partial charge in [0.2, 0.25) is 5.91 Å². The number of hydrogen-bond donors (Lipinski definition) is 1. The second kappa shape index (κ2) is 4.69. The van der Waals surface area contributed by atoms with E-state index in [1.807, 2.05) is 0 Å². The van der Waals surface area contributed by atoms with Crippen LogP contribution in [0.5, 0.6) is 0 Å². The highest BCUT2D eigenvalue weighted by Crippen LogP contribution is 2.26. The number of carbonyl (C=O) groups excluding carboxylic acids is 1. The maximum atomic E-state index is 11.6. The van der Waals surface area contributed by atoms with Crippen molar-refractivity contribution in [3.05, 3.63) is 34.9 Å². The maximum absolute atomic E-state index is 11.6. The maximum Gasteiger partial charge on any atom is 0.223 e. The van der Waals surface area contributed by atoms with Gasteiger partial charge in [0.15, 0.2) is 0 Å². The lowest BCUT2D eigenvalue weighted by atomic mass is 9.85. The quantitative estimate of drug-likeness (QED) is 0.828. The van der Waals surface area contributed by atoms with Gasteiger partial charge in [-0.1, -0.05) is 24.6 Å². The smallest absolute Gasteiger partial charge is 0.223 e. The summed E-state index contributed by atoms with van der Waals surface area (Å²) in [4.78, 5) is 11.6. The van der Waals surface area contributed by atoms with Crippen molar-refractivity contribution in [2.75, 3.05) is 0 Å². The normalized spacial score (nSPS) is 15.6. The van der Waals surface area contributed by atoms with Gasteiger partial charge in [0.1, 0.15) is 0 Å². The molecule has 0 heterocycles. The lowest BCUT2D eigenvalue weighted by molar-refractivity contribution is -0.127. The Balaban J connectivity index is 1.89. The molecule has 0 radical (unpaired) electrons. The van der Waals surface area contributed by atoms with Crippen LogP contribution in [0.4, 0.5) is 0 Å². The molecule has 16 heavy (non-hydrogen) atoms. The SMILES string of the molecule is Cc1ccc(CNC(=O)C2CCC2)cc1C. The molecule has 1 aromatic rings. The standard InChI is InChI=1S/C14H19NO/c1-10-6-7-12(8-11(10)2)9-15-14(16)13-4-3-5-13/h6-8,13H,3-5,9H2,1-2H3,(H,15,16). The molecule has 1 N–H and O–H groups in total. The molecule has 1 aliphatic rings. The first kappa shape index (κ1) is 11.2. The molecule has 0 unspecified atom stereocenters. The second-order valence-corrected chi connectivity index (χ2v) is 4.76. The summed E-state index contributed by atoms with van der Waals surface area (Å²) in [6, 6.07) is 6.35. The van der Waals surface area contributed by atoms with E-state index in [0.717, 1.165) is 12.8 Å². The largest absolute Gasteiger partial charge is 0.352 e. The molecule has 0 saturated heterocycles. The van der Waals surface area contributed by atoms with Crippen LogP contribution in [0.25, 0.3) is 0 Å². The van der Waals surface area contributed by atoms with Crippen molar-refractivity contribution < 1.29 is 4.79 Å². The minimum absolute atomic E-state index is 0.226. The van der Waals surface area contributed by atoms with Crippen LogP contribution < -0.4 is 5.32 Å². The van der Waals surface area contributed by atoms with Crippen LogP contribution >= 0.6 is 0 Å². The minimum Gasteiger partial charge on any atom is -0.352 e. The number of carbonyl (C=O) groups is 1. The Hall–Kier alpha value is -1.31. The molecule has 1 saturated carbocycles. The van der Waals surface area contributed by atoms with E-state index in [-0.39, 0.29) is 11.8 Å². The Morgan fingerprint density at radius 3 is 2.62 bits per heavy atom. The Morgan fingerprint density at radius 1 is 1.31 bits per heavy atom. The molecule has 1 aromatic carbocycles. The lowest BCUT2D eigenvalue weighted by Crippen LogP contribution is -2.33. The molecule has 0 spiro atoms. The molecule has 2 rings (SSSR count). The van der Waals surface area contributed by atoms with Crippen LogP contribution in [0.15, 0.2) is 18.2 Å². The molecule has 1 amide bonds. The van der Waals surface area contributed by atoms with Crippen molar-refractivity contribution in [3.8, 4) is 0 Å². The average Bonchev–Trinajstić information content (AvgIpc) is 2.17. The third kappa shape index (κ3) is 2.43. The zero-order valence-electron chi connectivity index (χ0n) is 10.0. The number of aryl methyl sites for hydroxylation is 2. The van der Waals surface area contributed by atoms with Crippen molar-refractivity contribution in [3.63, 3.8) is 0 Å². The lowest BCUT2D eigenvalue weighted by Gasteiger charge is -2.24. The van der Waals surface area contributed by atoms with Gasteiger partial charge in [-0.05, 0) is 43.4 Å². The van der Waals surface area contributed by atoms with Gasteiger partial charge in [-0.2, -0.15) is 0 Å². The van der Waals surface area contributed by atoms with E-state index >= 15 is 0 Å². The fraction of sp³-hybridized carbons (Fsp3) is 0.500. The zero-order valence-corrected chi connectivity index (χ0v) is 10.0. The Morgan fingerprint density at radius 2 is 2.06 bits per heavy atom. The number of rotatable bonds is 3. The van der Waals surface area contributed by atoms with Crippen molar-refractivity contribution in [2.45, 2.75) is 39.7 Å². The predicted octanol–water partition coefficient (Wildman–Crippen LogP) is 2.72. The van der Waals surface area contributed by atoms with Gasteiger partial charge in [0.25, 0.3) is 0 Å². The van der Waals surface area contributed by atoms with Crippen molar-refractivity contribution in [1.82, 2.24) is 5.32 Å². The van der Waals surface area contributed by atoms with Gasteiger partial charge in [0, 0.05) is 12.5 Å². The first-order chi connectivity index (χ1) is 7.66.